The molecule has 3 saturated heterocycles. The number of carbonyl (C=O) groups is 17. The number of aromatic nitrogens is 2. The highest BCUT2D eigenvalue weighted by Crippen LogP contribution is 2.29. The zero-order valence-corrected chi connectivity index (χ0v) is 79.4. The van der Waals surface area contributed by atoms with E-state index in [9.17, 15) is 58.2 Å². The van der Waals surface area contributed by atoms with Gasteiger partial charge >= 0.3 is 0 Å². The molecule has 8 rings (SSSR count). The number of likely N-dealkylation sites (N-methyl/N-ethyl adjacent to an activating group) is 3. The molecule has 42 nitrogen and oxygen atoms in total. The van der Waals surface area contributed by atoms with Gasteiger partial charge in [-0.1, -0.05) is 123 Å². The maximum Gasteiger partial charge on any atom is 0.246 e. The molecule has 0 bridgehead atoms. The number of guanidine groups is 1. The Morgan fingerprint density at radius 1 is 0.548 bits per heavy atom. The van der Waals surface area contributed by atoms with E-state index in [2.05, 4.69) is 68.5 Å². The molecule has 3 fully saturated rings. The fourth-order valence-electron chi connectivity index (χ4n) is 16.8. The zero-order valence-electron chi connectivity index (χ0n) is 78.6. The first-order valence-corrected chi connectivity index (χ1v) is 47.0. The number of aliphatic hydroxyl groups excluding tert-OH is 1. The van der Waals surface area contributed by atoms with Crippen LogP contribution in [0.3, 0.4) is 0 Å². The molecule has 738 valence electrons. The number of thioether (sulfide) groups is 1. The first-order chi connectivity index (χ1) is 63.9. The number of fused-ring (bicyclic) bond motifs is 4. The van der Waals surface area contributed by atoms with Crippen molar-refractivity contribution in [3.63, 3.8) is 0 Å². The summed E-state index contributed by atoms with van der Waals surface area (Å²) in [6.07, 6.45) is 1.60. The van der Waals surface area contributed by atoms with Crippen LogP contribution < -0.4 is 81.4 Å². The lowest BCUT2D eigenvalue weighted by Gasteiger charge is -2.37. The third-order valence-electron chi connectivity index (χ3n) is 24.4. The van der Waals surface area contributed by atoms with Crippen molar-refractivity contribution in [1.29, 1.82) is 5.41 Å². The summed E-state index contributed by atoms with van der Waals surface area (Å²) < 4.78 is 0. The molecule has 2 aromatic heterocycles. The van der Waals surface area contributed by atoms with E-state index in [1.807, 2.05) is 26.0 Å². The number of amides is 17. The standard InChI is InChI=1S/C92H135N23O19S/c1-12-14-27-69-82(126)103-61(26-20-36-98-91(96)97)79(123)109-68(78(122)101-46-74(95)119)48-135-49-75(120)102-65(39-52-30-32-55(116)33-31-52)86(130)111(9)51(5)77(121)106-67(43-73(94)118)88(132)114-37-21-29-70(114)83(127)104-62(34-35-93)80(124)107-64(38-50(3)4)89(133)115-47-56(117)42-72(115)84(128)105-63(40-53-44-99-59-24-18-16-22-57(53)59)81(125)110-76(92(6,7)8)85(129)108-66(41-54-45-100-60-25-19-17-23-58(54)60)87(131)113(11)71(28-15-13-2)90(134)112(69)10/h16-19,22-25,30-33,44-45,50-51,56,61-72,76,99-100,116-117H,12-15,20-21,26-29,34-43,46-49,93H2,1-11H3,(H2,94,118)(H2,95,119)(H,101,122)(H,102,120)(H,103,126)(H,104,127)(H,105,128)(H,106,121)(H,107,124)(H,108,129)(H,109,123)(H,110,125)(H4,96,97,98)/t51-,56+,61-,62-,63-,64-,65-,66-,67+,68-,69-,70-,71-,72-,76+/m0/s1. The molecule has 3 aromatic carbocycles. The lowest BCUT2D eigenvalue weighted by Crippen LogP contribution is -2.63. The van der Waals surface area contributed by atoms with Crippen LogP contribution >= 0.6 is 11.8 Å². The largest absolute Gasteiger partial charge is 0.508 e. The normalized spacial score (nSPS) is 24.9. The van der Waals surface area contributed by atoms with E-state index < -0.39 is 234 Å². The molecule has 0 unspecified atom stereocenters. The predicted octanol–water partition coefficient (Wildman–Crippen LogP) is -1.49. The molecule has 3 aliphatic rings. The average molecular weight is 1900 g/mol. The highest BCUT2D eigenvalue weighted by Gasteiger charge is 2.47. The Labute approximate surface area is 788 Å². The second-order valence-corrected chi connectivity index (χ2v) is 37.4. The Hall–Kier alpha value is -12.9. The third-order valence-corrected chi connectivity index (χ3v) is 25.4. The van der Waals surface area contributed by atoms with Crippen LogP contribution in [0.5, 0.6) is 5.75 Å². The summed E-state index contributed by atoms with van der Waals surface area (Å²) in [6, 6.07) is -1.11. The molecule has 3 aliphatic heterocycles. The number of H-pyrrole nitrogens is 2. The van der Waals surface area contributed by atoms with Gasteiger partial charge in [0, 0.05) is 106 Å². The Morgan fingerprint density at radius 3 is 1.67 bits per heavy atom. The average Bonchev–Trinajstić information content (AvgIpc) is 1.78. The van der Waals surface area contributed by atoms with E-state index >= 15 is 33.6 Å². The monoisotopic (exact) mass is 1900 g/mol. The van der Waals surface area contributed by atoms with Crippen molar-refractivity contribution in [2.75, 3.05) is 65.4 Å². The fourth-order valence-corrected chi connectivity index (χ4v) is 17.7. The molecule has 17 amide bonds. The lowest BCUT2D eigenvalue weighted by atomic mass is 9.85. The molecular weight excluding hydrogens is 1760 g/mol. The highest BCUT2D eigenvalue weighted by atomic mass is 32.2. The number of hydrogen-bond acceptors (Lipinski definition) is 22. The van der Waals surface area contributed by atoms with Crippen molar-refractivity contribution in [2.24, 2.45) is 34.3 Å². The van der Waals surface area contributed by atoms with E-state index in [0.717, 1.165) is 26.5 Å². The molecule has 135 heavy (non-hydrogen) atoms. The number of hydrogen-bond donors (Lipinski definition) is 20. The van der Waals surface area contributed by atoms with Crippen LogP contribution in [0.1, 0.15) is 162 Å². The number of carbonyl (C=O) groups excluding carboxylic acids is 17. The number of rotatable bonds is 25. The van der Waals surface area contributed by atoms with Crippen molar-refractivity contribution < 1.29 is 91.7 Å². The Balaban J connectivity index is 1.21. The number of aliphatic hydroxyl groups is 1. The Morgan fingerprint density at radius 2 is 1.07 bits per heavy atom. The number of para-hydroxylation sites is 2. The van der Waals surface area contributed by atoms with Gasteiger partial charge < -0.3 is 126 Å². The molecular formula is C92H135N23O19S. The minimum Gasteiger partial charge on any atom is -0.508 e. The quantitative estimate of drug-likeness (QED) is 0.0180. The third kappa shape index (κ3) is 30.3. The number of unbranched alkanes of at least 4 members (excludes halogenated alkanes) is 2. The lowest BCUT2D eigenvalue weighted by molar-refractivity contribution is -0.149. The number of nitrogens with two attached hydrogens (primary N) is 4. The van der Waals surface area contributed by atoms with Gasteiger partial charge in [-0.25, -0.2) is 0 Å². The Kier molecular flexibility index (Phi) is 40.1. The summed E-state index contributed by atoms with van der Waals surface area (Å²) in [7, 11) is 3.99. The van der Waals surface area contributed by atoms with Crippen LogP contribution in [0, 0.1) is 16.7 Å². The molecule has 5 heterocycles. The van der Waals surface area contributed by atoms with Crippen LogP contribution in [0.4, 0.5) is 0 Å². The fraction of sp³-hybridized carbons (Fsp3) is 0.565. The van der Waals surface area contributed by atoms with Gasteiger partial charge in [0.2, 0.25) is 100 Å². The van der Waals surface area contributed by atoms with E-state index in [1.165, 1.54) is 62.1 Å². The van der Waals surface area contributed by atoms with E-state index in [-0.39, 0.29) is 108 Å². The van der Waals surface area contributed by atoms with Crippen molar-refractivity contribution in [1.82, 2.24) is 93.0 Å². The van der Waals surface area contributed by atoms with Gasteiger partial charge in [0.25, 0.3) is 0 Å². The van der Waals surface area contributed by atoms with Crippen molar-refractivity contribution >= 4 is 140 Å². The minimum atomic E-state index is -1.76. The second-order valence-electron chi connectivity index (χ2n) is 36.3. The summed E-state index contributed by atoms with van der Waals surface area (Å²) in [4.78, 5) is 263. The maximum atomic E-state index is 16.0. The van der Waals surface area contributed by atoms with Crippen molar-refractivity contribution in [2.45, 2.75) is 255 Å². The second kappa shape index (κ2) is 50.4. The van der Waals surface area contributed by atoms with Gasteiger partial charge in [-0.3, -0.25) is 86.9 Å². The van der Waals surface area contributed by atoms with Gasteiger partial charge in [0.05, 0.1) is 24.8 Å². The van der Waals surface area contributed by atoms with Crippen molar-refractivity contribution in [3.8, 4) is 5.75 Å². The number of nitrogens with one attached hydrogen (secondary N) is 14. The number of primary amides is 2. The van der Waals surface area contributed by atoms with Gasteiger partial charge in [-0.2, -0.15) is 0 Å². The topological polar surface area (TPSA) is 639 Å². The van der Waals surface area contributed by atoms with Crippen LogP contribution in [0.25, 0.3) is 21.8 Å². The number of phenolic OH excluding ortho intramolecular Hbond substituents is 1. The smallest absolute Gasteiger partial charge is 0.246 e. The van der Waals surface area contributed by atoms with E-state index in [4.69, 9.17) is 28.3 Å². The maximum absolute atomic E-state index is 16.0. The van der Waals surface area contributed by atoms with Gasteiger partial charge in [-0.15, -0.1) is 11.8 Å². The molecule has 5 aromatic rings. The van der Waals surface area contributed by atoms with Crippen LogP contribution in [-0.2, 0) is 101 Å². The number of aromatic hydroxyl groups is 1. The molecule has 15 atom stereocenters. The predicted molar refractivity (Wildman–Crippen MR) is 504 cm³/mol. The van der Waals surface area contributed by atoms with Crippen LogP contribution in [0.2, 0.25) is 0 Å². The molecule has 0 aliphatic carbocycles. The van der Waals surface area contributed by atoms with E-state index in [1.54, 1.807) is 83.4 Å². The summed E-state index contributed by atoms with van der Waals surface area (Å²) in [5.41, 5.74) is 24.5. The van der Waals surface area contributed by atoms with Crippen LogP contribution in [0.15, 0.2) is 85.2 Å². The van der Waals surface area contributed by atoms with Crippen LogP contribution in [-0.4, -0.2) is 307 Å². The first-order valence-electron chi connectivity index (χ1n) is 45.8. The molecule has 43 heteroatoms. The minimum absolute atomic E-state index is 0.00114. The van der Waals surface area contributed by atoms with Crippen molar-refractivity contribution in [3.05, 3.63) is 102 Å². The summed E-state index contributed by atoms with van der Waals surface area (Å²) in [5.74, 6) is -17.3. The summed E-state index contributed by atoms with van der Waals surface area (Å²) >= 11 is 0.770. The Bertz CT molecular complexity index is 5060. The first kappa shape index (κ1) is 107. The molecule has 0 saturated carbocycles. The molecule has 24 N–H and O–H groups in total. The molecule has 0 spiro atoms. The summed E-state index contributed by atoms with van der Waals surface area (Å²) in [5, 5.41) is 60.6. The van der Waals surface area contributed by atoms with Gasteiger partial charge in [0.15, 0.2) is 5.96 Å². The number of benzene rings is 3. The SMILES string of the molecule is CCCC[C@H]1C(=O)N(C)[C@@H](CCCC)C(=O)N[C@@H](CCCNC(=N)N)C(=O)N[C@H](C(=O)NCC(N)=O)CSCC(=O)N[C@@H](Cc2ccc(O)cc2)C(=O)N(C)[C@@H](C)C(=O)N[C@H](CC(N)=O)C(=O)N2CCC[C@H]2C(=O)N[C@@H](CCN)C(=O)N[C@@H](CC(C)C)C(=O)N2C[C@H](O)C[C@H]2C(=O)N[C@@H](Cc2c[nH]c3ccccc23)C(=O)N[C@@H](C(C)(C)C)C(=O)N[C@@H](Cc2c[nH]c3ccccc23)C(=O)N1C. The van der Waals surface area contributed by atoms with E-state index in [0.29, 0.717) is 64.2 Å². The number of phenols is 1. The van der Waals surface area contributed by atoms with Gasteiger partial charge in [-0.05, 0) is 117 Å². The zero-order chi connectivity index (χ0) is 99.4. The number of aromatic amines is 2. The van der Waals surface area contributed by atoms with Gasteiger partial charge in [0.1, 0.15) is 90.3 Å². The summed E-state index contributed by atoms with van der Waals surface area (Å²) in [6.45, 7) is 12.0. The highest BCUT2D eigenvalue weighted by molar-refractivity contribution is 8.00. The number of nitrogens with zero attached hydrogens (tertiary/aromatic N) is 5. The molecule has 0 radical (unpaired) electrons.